The average molecular weight is 336 g/mol. The zero-order valence-electron chi connectivity index (χ0n) is 11.0. The van der Waals surface area contributed by atoms with Gasteiger partial charge in [-0.1, -0.05) is 17.8 Å². The van der Waals surface area contributed by atoms with Crippen LogP contribution < -0.4 is 0 Å². The Balaban J connectivity index is 2.30. The van der Waals surface area contributed by atoms with E-state index in [2.05, 4.69) is 40.0 Å². The molecule has 0 fully saturated rings. The van der Waals surface area contributed by atoms with E-state index in [4.69, 9.17) is 0 Å². The number of halogens is 1. The molecule has 0 radical (unpaired) electrons. The fourth-order valence-electron chi connectivity index (χ4n) is 1.77. The second-order valence-electron chi connectivity index (χ2n) is 4.43. The topological polar surface area (TPSA) is 30.0 Å². The van der Waals surface area contributed by atoms with Crippen LogP contribution in [0.5, 0.6) is 0 Å². The van der Waals surface area contributed by atoms with E-state index in [1.165, 1.54) is 5.56 Å². The number of aryl methyl sites for hydroxylation is 2. The van der Waals surface area contributed by atoms with Gasteiger partial charge in [-0.3, -0.25) is 4.79 Å². The predicted molar refractivity (Wildman–Crippen MR) is 82.0 cm³/mol. The molecule has 2 aromatic rings. The second kappa shape index (κ2) is 5.88. The average Bonchev–Trinajstić information content (AvgIpc) is 2.30. The Kier molecular flexibility index (Phi) is 4.42. The highest BCUT2D eigenvalue weighted by atomic mass is 79.9. The number of carbonyl (C=O) groups excluding carboxylic acids is 1. The van der Waals surface area contributed by atoms with Crippen molar-refractivity contribution < 1.29 is 4.79 Å². The van der Waals surface area contributed by atoms with Gasteiger partial charge >= 0.3 is 0 Å². The van der Waals surface area contributed by atoms with Crippen molar-refractivity contribution in [3.63, 3.8) is 0 Å². The number of nitrogens with zero attached hydrogens (tertiary/aromatic N) is 1. The van der Waals surface area contributed by atoms with E-state index in [9.17, 15) is 4.79 Å². The third kappa shape index (κ3) is 3.67. The molecule has 0 aliphatic carbocycles. The lowest BCUT2D eigenvalue weighted by Gasteiger charge is -2.07. The number of rotatable bonds is 3. The lowest BCUT2D eigenvalue weighted by molar-refractivity contribution is 0.101. The van der Waals surface area contributed by atoms with Crippen LogP contribution in [-0.4, -0.2) is 10.8 Å². The van der Waals surface area contributed by atoms with Gasteiger partial charge in [0.25, 0.3) is 0 Å². The summed E-state index contributed by atoms with van der Waals surface area (Å²) in [6.45, 7) is 5.62. The Labute approximate surface area is 125 Å². The maximum Gasteiger partial charge on any atom is 0.159 e. The molecule has 2 rings (SSSR count). The molecule has 1 heterocycles. The first-order valence-electron chi connectivity index (χ1n) is 5.89. The fraction of sp³-hybridized carbons (Fsp3) is 0.200. The van der Waals surface area contributed by atoms with Gasteiger partial charge in [-0.25, -0.2) is 4.98 Å². The van der Waals surface area contributed by atoms with Gasteiger partial charge in [0.1, 0.15) is 5.03 Å². The Morgan fingerprint density at radius 3 is 2.53 bits per heavy atom. The molecular weight excluding hydrogens is 322 g/mol. The first kappa shape index (κ1) is 14.3. The summed E-state index contributed by atoms with van der Waals surface area (Å²) in [4.78, 5) is 16.9. The fourth-order valence-corrected chi connectivity index (χ4v) is 3.35. The van der Waals surface area contributed by atoms with Gasteiger partial charge < -0.3 is 0 Å². The Bertz CT molecular complexity index is 620. The zero-order valence-corrected chi connectivity index (χ0v) is 13.4. The number of Topliss-reactive ketones (excluding diaryl/α,β-unsaturated/α-hetero) is 1. The molecule has 0 saturated carbocycles. The Morgan fingerprint density at radius 1 is 1.21 bits per heavy atom. The third-order valence-corrected chi connectivity index (χ3v) is 4.54. The Hall–Kier alpha value is -1.13. The summed E-state index contributed by atoms with van der Waals surface area (Å²) >= 11 is 5.10. The number of hydrogen-bond donors (Lipinski definition) is 0. The summed E-state index contributed by atoms with van der Waals surface area (Å²) in [5, 5.41) is 0.966. The van der Waals surface area contributed by atoms with Crippen LogP contribution in [0, 0.1) is 13.8 Å². The molecule has 0 N–H and O–H groups in total. The second-order valence-corrected chi connectivity index (χ2v) is 6.34. The van der Waals surface area contributed by atoms with Gasteiger partial charge in [-0.2, -0.15) is 0 Å². The highest BCUT2D eigenvalue weighted by Crippen LogP contribution is 2.33. The Morgan fingerprint density at radius 2 is 1.95 bits per heavy atom. The maximum atomic E-state index is 11.3. The van der Waals surface area contributed by atoms with Gasteiger partial charge in [-0.05, 0) is 66.5 Å². The summed E-state index contributed by atoms with van der Waals surface area (Å²) in [5.74, 6) is 0.0711. The number of hydrogen-bond acceptors (Lipinski definition) is 3. The molecule has 0 aliphatic heterocycles. The molecule has 98 valence electrons. The molecule has 2 nitrogen and oxygen atoms in total. The number of carbonyl (C=O) groups is 1. The van der Waals surface area contributed by atoms with E-state index in [1.54, 1.807) is 18.7 Å². The molecule has 0 unspecified atom stereocenters. The van der Waals surface area contributed by atoms with Crippen LogP contribution in [0.25, 0.3) is 0 Å². The molecule has 1 aromatic heterocycles. The van der Waals surface area contributed by atoms with Gasteiger partial charge in [0.2, 0.25) is 0 Å². The van der Waals surface area contributed by atoms with Crippen LogP contribution in [0.2, 0.25) is 0 Å². The van der Waals surface area contributed by atoms with Crippen LogP contribution in [-0.2, 0) is 0 Å². The van der Waals surface area contributed by atoms with Crippen molar-refractivity contribution in [1.82, 2.24) is 4.98 Å². The lowest BCUT2D eigenvalue weighted by atomic mass is 10.2. The minimum absolute atomic E-state index is 0.0711. The first-order chi connectivity index (χ1) is 8.95. The summed E-state index contributed by atoms with van der Waals surface area (Å²) in [6.07, 6.45) is 0. The number of ketones is 1. The van der Waals surface area contributed by atoms with Crippen LogP contribution in [0.15, 0.2) is 44.7 Å². The quantitative estimate of drug-likeness (QED) is 0.753. The van der Waals surface area contributed by atoms with Crippen molar-refractivity contribution in [2.75, 3.05) is 0 Å². The minimum Gasteiger partial charge on any atom is -0.295 e. The van der Waals surface area contributed by atoms with Crippen molar-refractivity contribution in [2.24, 2.45) is 0 Å². The lowest BCUT2D eigenvalue weighted by Crippen LogP contribution is -1.92. The van der Waals surface area contributed by atoms with Gasteiger partial charge in [0.05, 0.1) is 0 Å². The van der Waals surface area contributed by atoms with Crippen molar-refractivity contribution in [1.29, 1.82) is 0 Å². The van der Waals surface area contributed by atoms with Crippen molar-refractivity contribution in [2.45, 2.75) is 30.7 Å². The van der Waals surface area contributed by atoms with Crippen molar-refractivity contribution >= 4 is 33.5 Å². The van der Waals surface area contributed by atoms with Gasteiger partial charge in [0, 0.05) is 20.6 Å². The molecular formula is C15H14BrNOS. The SMILES string of the molecule is CC(=O)c1ccc(Sc2cc(C)cc(C)n2)c(Br)c1. The first-order valence-corrected chi connectivity index (χ1v) is 7.50. The van der Waals surface area contributed by atoms with Gasteiger partial charge in [0.15, 0.2) is 5.78 Å². The monoisotopic (exact) mass is 335 g/mol. The number of pyridine rings is 1. The third-order valence-electron chi connectivity index (χ3n) is 2.63. The normalized spacial score (nSPS) is 10.5. The highest BCUT2D eigenvalue weighted by molar-refractivity contribution is 9.10. The molecule has 0 amide bonds. The maximum absolute atomic E-state index is 11.3. The van der Waals surface area contributed by atoms with E-state index in [-0.39, 0.29) is 5.78 Å². The molecule has 0 saturated heterocycles. The molecule has 4 heteroatoms. The highest BCUT2D eigenvalue weighted by Gasteiger charge is 2.07. The van der Waals surface area contributed by atoms with Gasteiger partial charge in [-0.15, -0.1) is 0 Å². The summed E-state index contributed by atoms with van der Waals surface area (Å²) < 4.78 is 0.922. The summed E-state index contributed by atoms with van der Waals surface area (Å²) in [5.41, 5.74) is 2.93. The van der Waals surface area contributed by atoms with Crippen molar-refractivity contribution in [3.8, 4) is 0 Å². The molecule has 1 aromatic carbocycles. The minimum atomic E-state index is 0.0711. The molecule has 0 atom stereocenters. The van der Waals surface area contributed by atoms with Crippen LogP contribution >= 0.6 is 27.7 Å². The van der Waals surface area contributed by atoms with E-state index in [0.717, 1.165) is 20.1 Å². The molecule has 19 heavy (non-hydrogen) atoms. The van der Waals surface area contributed by atoms with E-state index in [1.807, 2.05) is 25.1 Å². The molecule has 0 spiro atoms. The number of benzene rings is 1. The standard InChI is InChI=1S/C15H14BrNOS/c1-9-6-10(2)17-15(7-9)19-14-5-4-12(11(3)18)8-13(14)16/h4-8H,1-3H3. The van der Waals surface area contributed by atoms with E-state index >= 15 is 0 Å². The molecule has 0 aliphatic rings. The van der Waals surface area contributed by atoms with E-state index in [0.29, 0.717) is 5.56 Å². The number of aromatic nitrogens is 1. The summed E-state index contributed by atoms with van der Waals surface area (Å²) in [6, 6.07) is 9.76. The predicted octanol–water partition coefficient (Wildman–Crippen LogP) is 4.81. The largest absolute Gasteiger partial charge is 0.295 e. The van der Waals surface area contributed by atoms with Crippen molar-refractivity contribution in [3.05, 3.63) is 51.6 Å². The van der Waals surface area contributed by atoms with E-state index < -0.39 is 0 Å². The smallest absolute Gasteiger partial charge is 0.159 e. The van der Waals surface area contributed by atoms with Crippen LogP contribution in [0.3, 0.4) is 0 Å². The zero-order chi connectivity index (χ0) is 14.0. The summed E-state index contributed by atoms with van der Waals surface area (Å²) in [7, 11) is 0. The molecule has 0 bridgehead atoms. The van der Waals surface area contributed by atoms with Crippen LogP contribution in [0.4, 0.5) is 0 Å². The van der Waals surface area contributed by atoms with Crippen LogP contribution in [0.1, 0.15) is 28.5 Å².